The highest BCUT2D eigenvalue weighted by Gasteiger charge is 2.41. The largest absolute Gasteiger partial charge is 0.310 e. The number of fused-ring (bicyclic) bond motifs is 1. The molecule has 7 nitrogen and oxygen atoms in total. The van der Waals surface area contributed by atoms with E-state index in [1.807, 2.05) is 12.1 Å². The van der Waals surface area contributed by atoms with Crippen LogP contribution < -0.4 is 5.56 Å². The third kappa shape index (κ3) is 3.80. The van der Waals surface area contributed by atoms with Crippen molar-refractivity contribution in [2.75, 3.05) is 0 Å². The van der Waals surface area contributed by atoms with Gasteiger partial charge >= 0.3 is 0 Å². The van der Waals surface area contributed by atoms with Crippen molar-refractivity contribution in [1.82, 2.24) is 29.5 Å². The molecule has 0 saturated carbocycles. The van der Waals surface area contributed by atoms with Crippen LogP contribution in [-0.4, -0.2) is 29.5 Å². The van der Waals surface area contributed by atoms with Gasteiger partial charge in [-0.2, -0.15) is 0 Å². The van der Waals surface area contributed by atoms with Gasteiger partial charge in [0.15, 0.2) is 0 Å². The Morgan fingerprint density at radius 1 is 1.06 bits per heavy atom. The number of hydrogen-bond acceptors (Lipinski definition) is 5. The van der Waals surface area contributed by atoms with Crippen LogP contribution in [0.1, 0.15) is 22.6 Å². The van der Waals surface area contributed by atoms with Gasteiger partial charge in [-0.3, -0.25) is 4.79 Å². The number of terminal acetylenes is 1. The highest BCUT2D eigenvalue weighted by molar-refractivity contribution is 14.1. The molecular weight excluding hydrogens is 558 g/mol. The minimum Gasteiger partial charge on any atom is -0.310 e. The number of benzene rings is 1. The van der Waals surface area contributed by atoms with E-state index in [1.165, 1.54) is 21.5 Å². The molecule has 0 saturated heterocycles. The van der Waals surface area contributed by atoms with Crippen LogP contribution in [0.2, 0.25) is 0 Å². The summed E-state index contributed by atoms with van der Waals surface area (Å²) in [7, 11) is 3.28. The van der Waals surface area contributed by atoms with Gasteiger partial charge in [-0.25, -0.2) is 19.0 Å². The Hall–Kier alpha value is -3.91. The first-order valence-electron chi connectivity index (χ1n) is 10.6. The molecule has 0 bridgehead atoms. The number of rotatable bonds is 4. The van der Waals surface area contributed by atoms with E-state index in [4.69, 9.17) is 11.4 Å². The molecule has 35 heavy (non-hydrogen) atoms. The summed E-state index contributed by atoms with van der Waals surface area (Å²) in [4.78, 5) is 22.0. The Morgan fingerprint density at radius 2 is 1.83 bits per heavy atom. The van der Waals surface area contributed by atoms with Crippen LogP contribution in [0.3, 0.4) is 0 Å². The summed E-state index contributed by atoms with van der Waals surface area (Å²) >= 11 is 2.17. The Bertz CT molecular complexity index is 1690. The first-order chi connectivity index (χ1) is 16.8. The summed E-state index contributed by atoms with van der Waals surface area (Å²) in [5.41, 5.74) is 0.678. The van der Waals surface area contributed by atoms with Crippen molar-refractivity contribution in [2.45, 2.75) is 5.67 Å². The predicted molar refractivity (Wildman–Crippen MR) is 139 cm³/mol. The minimum atomic E-state index is -2.16. The Balaban J connectivity index is 1.84. The number of halogens is 2. The quantitative estimate of drug-likeness (QED) is 0.239. The SMILES string of the molecule is C#Cc1cccc(-c2cc(=O)n(C)c3ccc([C@](F)(c4ccc(I)cc4)c4cnnn4C)nc23)n1. The summed E-state index contributed by atoms with van der Waals surface area (Å²) < 4.78 is 21.1. The maximum Gasteiger partial charge on any atom is 0.251 e. The smallest absolute Gasteiger partial charge is 0.251 e. The van der Waals surface area contributed by atoms with E-state index in [0.717, 1.165) is 3.57 Å². The molecule has 0 aliphatic carbocycles. The van der Waals surface area contributed by atoms with Crippen LogP contribution >= 0.6 is 22.6 Å². The topological polar surface area (TPSA) is 78.5 Å². The molecule has 0 unspecified atom stereocenters. The molecule has 0 radical (unpaired) electrons. The van der Waals surface area contributed by atoms with Crippen molar-refractivity contribution >= 4 is 33.6 Å². The van der Waals surface area contributed by atoms with Gasteiger partial charge in [0, 0.05) is 34.9 Å². The first-order valence-corrected chi connectivity index (χ1v) is 11.7. The van der Waals surface area contributed by atoms with Gasteiger partial charge in [0.25, 0.3) is 5.56 Å². The number of aromatic nitrogens is 6. The molecule has 0 aliphatic heterocycles. The summed E-state index contributed by atoms with van der Waals surface area (Å²) in [5.74, 6) is 2.51. The molecule has 1 aromatic carbocycles. The third-order valence-electron chi connectivity index (χ3n) is 5.92. The van der Waals surface area contributed by atoms with Gasteiger partial charge in [-0.1, -0.05) is 29.3 Å². The maximum absolute atomic E-state index is 17.3. The van der Waals surface area contributed by atoms with E-state index in [-0.39, 0.29) is 16.9 Å². The molecule has 0 aliphatic rings. The molecule has 0 amide bonds. The average Bonchev–Trinajstić information content (AvgIpc) is 3.32. The molecule has 0 fully saturated rings. The number of pyridine rings is 3. The zero-order valence-electron chi connectivity index (χ0n) is 18.8. The second kappa shape index (κ2) is 8.70. The van der Waals surface area contributed by atoms with Crippen molar-refractivity contribution in [2.24, 2.45) is 14.1 Å². The lowest BCUT2D eigenvalue weighted by atomic mass is 9.88. The number of alkyl halides is 1. The number of hydrogen-bond donors (Lipinski definition) is 0. The molecule has 1 atom stereocenters. The Morgan fingerprint density at radius 3 is 2.51 bits per heavy atom. The van der Waals surface area contributed by atoms with Crippen molar-refractivity contribution in [3.8, 4) is 23.6 Å². The molecule has 5 aromatic rings. The summed E-state index contributed by atoms with van der Waals surface area (Å²) in [6, 6.07) is 17.0. The maximum atomic E-state index is 17.3. The number of nitrogens with zero attached hydrogens (tertiary/aromatic N) is 6. The van der Waals surface area contributed by atoms with Crippen LogP contribution in [0, 0.1) is 15.9 Å². The molecular formula is C26H18FIN6O. The van der Waals surface area contributed by atoms with Crippen molar-refractivity contribution in [3.05, 3.63) is 103 Å². The fourth-order valence-corrected chi connectivity index (χ4v) is 4.45. The lowest BCUT2D eigenvalue weighted by Gasteiger charge is -2.26. The monoisotopic (exact) mass is 576 g/mol. The zero-order chi connectivity index (χ0) is 24.7. The van der Waals surface area contributed by atoms with Crippen LogP contribution in [0.5, 0.6) is 0 Å². The fraction of sp³-hybridized carbons (Fsp3) is 0.115. The molecule has 0 N–H and O–H groups in total. The molecule has 4 aromatic heterocycles. The standard InChI is InChI=1S/C26H18FIN6O/c1-4-18-6-5-7-20(30-18)19-14-24(35)33(2)21-12-13-22(31-25(19)21)26(27,23-15-29-32-34(23)3)16-8-10-17(28)11-9-16/h1,5-15H,2-3H3/t26-/m1/s1. The highest BCUT2D eigenvalue weighted by atomic mass is 127. The normalized spacial score (nSPS) is 12.9. The third-order valence-corrected chi connectivity index (χ3v) is 6.64. The average molecular weight is 576 g/mol. The lowest BCUT2D eigenvalue weighted by Crippen LogP contribution is -2.28. The molecule has 172 valence electrons. The van der Waals surface area contributed by atoms with E-state index in [1.54, 1.807) is 56.6 Å². The van der Waals surface area contributed by atoms with Crippen molar-refractivity contribution in [3.63, 3.8) is 0 Å². The van der Waals surface area contributed by atoms with Gasteiger partial charge in [0.05, 0.1) is 28.6 Å². The van der Waals surface area contributed by atoms with E-state index in [2.05, 4.69) is 43.8 Å². The van der Waals surface area contributed by atoms with Gasteiger partial charge in [-0.15, -0.1) is 11.5 Å². The second-order valence-electron chi connectivity index (χ2n) is 7.98. The molecule has 4 heterocycles. The lowest BCUT2D eigenvalue weighted by molar-refractivity contribution is 0.257. The Labute approximate surface area is 213 Å². The Kier molecular flexibility index (Phi) is 5.68. The predicted octanol–water partition coefficient (Wildman–Crippen LogP) is 3.97. The summed E-state index contributed by atoms with van der Waals surface area (Å²) in [5, 5.41) is 7.84. The summed E-state index contributed by atoms with van der Waals surface area (Å²) in [6.07, 6.45) is 6.92. The van der Waals surface area contributed by atoms with Crippen LogP contribution in [0.15, 0.2) is 71.7 Å². The minimum absolute atomic E-state index is 0.129. The first kappa shape index (κ1) is 22.9. The van der Waals surface area contributed by atoms with E-state index in [9.17, 15) is 4.79 Å². The zero-order valence-corrected chi connectivity index (χ0v) is 20.9. The molecule has 9 heteroatoms. The molecule has 0 spiro atoms. The van der Waals surface area contributed by atoms with E-state index >= 15 is 4.39 Å². The van der Waals surface area contributed by atoms with E-state index < -0.39 is 5.67 Å². The van der Waals surface area contributed by atoms with E-state index in [0.29, 0.717) is 33.5 Å². The molecule has 5 rings (SSSR count). The number of aryl methyl sites for hydroxylation is 2. The second-order valence-corrected chi connectivity index (χ2v) is 9.23. The van der Waals surface area contributed by atoms with Gasteiger partial charge < -0.3 is 4.57 Å². The van der Waals surface area contributed by atoms with Gasteiger partial charge in [0.1, 0.15) is 11.4 Å². The van der Waals surface area contributed by atoms with Crippen LogP contribution in [-0.2, 0) is 19.8 Å². The van der Waals surface area contributed by atoms with Crippen molar-refractivity contribution < 1.29 is 4.39 Å². The van der Waals surface area contributed by atoms with Crippen molar-refractivity contribution in [1.29, 1.82) is 0 Å². The summed E-state index contributed by atoms with van der Waals surface area (Å²) in [6.45, 7) is 0. The van der Waals surface area contributed by atoms with Gasteiger partial charge in [0.2, 0.25) is 5.67 Å². The van der Waals surface area contributed by atoms with Crippen LogP contribution in [0.4, 0.5) is 4.39 Å². The fourth-order valence-electron chi connectivity index (χ4n) is 4.09. The highest BCUT2D eigenvalue weighted by Crippen LogP contribution is 2.40. The van der Waals surface area contributed by atoms with Crippen LogP contribution in [0.25, 0.3) is 22.3 Å². The van der Waals surface area contributed by atoms with Gasteiger partial charge in [-0.05, 0) is 59.0 Å².